The lowest BCUT2D eigenvalue weighted by Crippen LogP contribution is -2.15. The van der Waals surface area contributed by atoms with Gasteiger partial charge in [-0.2, -0.15) is 0 Å². The molecular weight excluding hydrogens is 196 g/mol. The molecule has 0 saturated carbocycles. The first-order valence-corrected chi connectivity index (χ1v) is 4.71. The number of ether oxygens (including phenoxy) is 1. The Morgan fingerprint density at radius 1 is 1.43 bits per heavy atom. The minimum atomic E-state index is -0.365. The van der Waals surface area contributed by atoms with Crippen molar-refractivity contribution in [2.24, 2.45) is 0 Å². The summed E-state index contributed by atoms with van der Waals surface area (Å²) < 4.78 is 5.23. The molecule has 0 bridgehead atoms. The molecule has 1 rings (SSSR count). The van der Waals surface area contributed by atoms with Gasteiger partial charge in [0.2, 0.25) is 0 Å². The third-order valence-electron chi connectivity index (χ3n) is 2.20. The summed E-state index contributed by atoms with van der Waals surface area (Å²) in [5.74, 6) is 3.50. The number of rotatable bonds is 2. The van der Waals surface area contributed by atoms with Gasteiger partial charge in [-0.3, -0.25) is 0 Å². The Morgan fingerprint density at radius 2 is 2.07 bits per heavy atom. The van der Waals surface area contributed by atoms with E-state index in [-0.39, 0.29) is 5.41 Å². The van der Waals surface area contributed by atoms with E-state index in [1.165, 1.54) is 0 Å². The van der Waals surface area contributed by atoms with Crippen molar-refractivity contribution in [3.8, 4) is 18.1 Å². The Kier molecular flexibility index (Phi) is 3.08. The van der Waals surface area contributed by atoms with Gasteiger partial charge in [0, 0.05) is 10.6 Å². The molecule has 14 heavy (non-hydrogen) atoms. The van der Waals surface area contributed by atoms with Gasteiger partial charge in [0.1, 0.15) is 5.75 Å². The number of terminal acetylenes is 1. The van der Waals surface area contributed by atoms with Crippen LogP contribution in [-0.4, -0.2) is 7.11 Å². The van der Waals surface area contributed by atoms with Gasteiger partial charge in [-0.15, -0.1) is 6.42 Å². The molecule has 0 aliphatic heterocycles. The third-order valence-corrected chi connectivity index (χ3v) is 2.43. The quantitative estimate of drug-likeness (QED) is 0.678. The van der Waals surface area contributed by atoms with Gasteiger partial charge < -0.3 is 4.74 Å². The lowest BCUT2D eigenvalue weighted by Gasteiger charge is -2.21. The molecule has 0 aromatic heterocycles. The summed E-state index contributed by atoms with van der Waals surface area (Å²) in [7, 11) is 1.62. The van der Waals surface area contributed by atoms with E-state index in [9.17, 15) is 0 Å². The highest BCUT2D eigenvalue weighted by Gasteiger charge is 2.21. The summed E-state index contributed by atoms with van der Waals surface area (Å²) >= 11 is 5.91. The number of benzene rings is 1. The maximum Gasteiger partial charge on any atom is 0.123 e. The Hall–Kier alpha value is -1.13. The Balaban J connectivity index is 3.32. The number of halogens is 1. The molecule has 0 saturated heterocycles. The molecule has 0 heterocycles. The fourth-order valence-electron chi connectivity index (χ4n) is 1.25. The molecule has 0 aliphatic rings. The number of hydrogen-bond acceptors (Lipinski definition) is 1. The van der Waals surface area contributed by atoms with Crippen LogP contribution in [0.2, 0.25) is 5.02 Å². The maximum atomic E-state index is 5.91. The van der Waals surface area contributed by atoms with E-state index in [0.29, 0.717) is 5.02 Å². The van der Waals surface area contributed by atoms with Crippen LogP contribution >= 0.6 is 11.6 Å². The molecule has 1 aromatic carbocycles. The van der Waals surface area contributed by atoms with E-state index < -0.39 is 0 Å². The molecule has 0 amide bonds. The minimum Gasteiger partial charge on any atom is -0.496 e. The molecular formula is C12H13ClO. The van der Waals surface area contributed by atoms with Crippen molar-refractivity contribution in [1.82, 2.24) is 0 Å². The maximum absolute atomic E-state index is 5.91. The van der Waals surface area contributed by atoms with Crippen molar-refractivity contribution in [1.29, 1.82) is 0 Å². The lowest BCUT2D eigenvalue weighted by molar-refractivity contribution is 0.403. The van der Waals surface area contributed by atoms with Crippen LogP contribution in [0.4, 0.5) is 0 Å². The number of methoxy groups -OCH3 is 1. The normalized spacial score (nSPS) is 10.8. The molecule has 0 fully saturated rings. The molecule has 2 heteroatoms. The smallest absolute Gasteiger partial charge is 0.123 e. The first-order chi connectivity index (χ1) is 6.51. The van der Waals surface area contributed by atoms with Gasteiger partial charge in [-0.05, 0) is 32.0 Å². The van der Waals surface area contributed by atoms with E-state index in [0.717, 1.165) is 11.3 Å². The zero-order valence-corrected chi connectivity index (χ0v) is 9.35. The predicted molar refractivity (Wildman–Crippen MR) is 59.9 cm³/mol. The first kappa shape index (κ1) is 10.9. The predicted octanol–water partition coefficient (Wildman–Crippen LogP) is 3.26. The molecule has 74 valence electrons. The van der Waals surface area contributed by atoms with Crippen molar-refractivity contribution < 1.29 is 4.74 Å². The zero-order valence-electron chi connectivity index (χ0n) is 8.60. The fourth-order valence-corrected chi connectivity index (χ4v) is 1.42. The van der Waals surface area contributed by atoms with Crippen LogP contribution in [0.15, 0.2) is 18.2 Å². The van der Waals surface area contributed by atoms with E-state index in [2.05, 4.69) is 5.92 Å². The molecule has 1 aromatic rings. The van der Waals surface area contributed by atoms with Gasteiger partial charge in [-0.25, -0.2) is 0 Å². The highest BCUT2D eigenvalue weighted by molar-refractivity contribution is 6.30. The Morgan fingerprint density at radius 3 is 2.57 bits per heavy atom. The van der Waals surface area contributed by atoms with Crippen LogP contribution in [0, 0.1) is 12.3 Å². The largest absolute Gasteiger partial charge is 0.496 e. The second-order valence-electron chi connectivity index (χ2n) is 3.61. The second-order valence-corrected chi connectivity index (χ2v) is 4.05. The first-order valence-electron chi connectivity index (χ1n) is 4.33. The van der Waals surface area contributed by atoms with Crippen molar-refractivity contribution in [3.63, 3.8) is 0 Å². The average molecular weight is 209 g/mol. The van der Waals surface area contributed by atoms with Crippen LogP contribution in [-0.2, 0) is 5.41 Å². The van der Waals surface area contributed by atoms with Gasteiger partial charge in [0.25, 0.3) is 0 Å². The van der Waals surface area contributed by atoms with E-state index in [1.54, 1.807) is 13.2 Å². The highest BCUT2D eigenvalue weighted by atomic mass is 35.5. The van der Waals surface area contributed by atoms with Crippen LogP contribution in [0.25, 0.3) is 0 Å². The minimum absolute atomic E-state index is 0.365. The SMILES string of the molecule is C#CC(C)(C)c1cc(Cl)ccc1OC. The summed E-state index contributed by atoms with van der Waals surface area (Å²) in [6.45, 7) is 3.92. The zero-order chi connectivity index (χ0) is 10.8. The summed E-state index contributed by atoms with van der Waals surface area (Å²) in [5.41, 5.74) is 0.575. The van der Waals surface area contributed by atoms with E-state index >= 15 is 0 Å². The van der Waals surface area contributed by atoms with Crippen LogP contribution < -0.4 is 4.74 Å². The number of hydrogen-bond donors (Lipinski definition) is 0. The molecule has 0 spiro atoms. The molecule has 0 N–H and O–H groups in total. The summed E-state index contributed by atoms with van der Waals surface area (Å²) in [6.07, 6.45) is 5.46. The molecule has 0 unspecified atom stereocenters. The lowest BCUT2D eigenvalue weighted by atomic mass is 9.85. The molecule has 0 atom stereocenters. The van der Waals surface area contributed by atoms with E-state index in [1.807, 2.05) is 26.0 Å². The highest BCUT2D eigenvalue weighted by Crippen LogP contribution is 2.33. The van der Waals surface area contributed by atoms with Crippen molar-refractivity contribution in [2.45, 2.75) is 19.3 Å². The molecule has 0 radical (unpaired) electrons. The van der Waals surface area contributed by atoms with Crippen LogP contribution in [0.5, 0.6) is 5.75 Å². The van der Waals surface area contributed by atoms with Gasteiger partial charge in [-0.1, -0.05) is 17.5 Å². The monoisotopic (exact) mass is 208 g/mol. The van der Waals surface area contributed by atoms with Crippen molar-refractivity contribution in [2.75, 3.05) is 7.11 Å². The fraction of sp³-hybridized carbons (Fsp3) is 0.333. The third kappa shape index (κ3) is 2.02. The van der Waals surface area contributed by atoms with Gasteiger partial charge in [0.05, 0.1) is 12.5 Å². The van der Waals surface area contributed by atoms with E-state index in [4.69, 9.17) is 22.8 Å². The topological polar surface area (TPSA) is 9.23 Å². The Labute approximate surface area is 90.0 Å². The summed E-state index contributed by atoms with van der Waals surface area (Å²) in [6, 6.07) is 5.47. The molecule has 1 nitrogen and oxygen atoms in total. The van der Waals surface area contributed by atoms with Gasteiger partial charge >= 0.3 is 0 Å². The van der Waals surface area contributed by atoms with Crippen molar-refractivity contribution >= 4 is 11.6 Å². The average Bonchev–Trinajstić information content (AvgIpc) is 2.18. The second kappa shape index (κ2) is 3.94. The Bertz CT molecular complexity index is 374. The van der Waals surface area contributed by atoms with Crippen LogP contribution in [0.1, 0.15) is 19.4 Å². The molecule has 0 aliphatic carbocycles. The summed E-state index contributed by atoms with van der Waals surface area (Å²) in [5, 5.41) is 0.670. The standard InChI is InChI=1S/C12H13ClO/c1-5-12(2,3)10-8-9(13)6-7-11(10)14-4/h1,6-8H,2-4H3. The summed E-state index contributed by atoms with van der Waals surface area (Å²) in [4.78, 5) is 0. The van der Waals surface area contributed by atoms with Crippen molar-refractivity contribution in [3.05, 3.63) is 28.8 Å². The van der Waals surface area contributed by atoms with Gasteiger partial charge in [0.15, 0.2) is 0 Å². The van der Waals surface area contributed by atoms with Crippen LogP contribution in [0.3, 0.4) is 0 Å².